The van der Waals surface area contributed by atoms with E-state index < -0.39 is 0 Å². The van der Waals surface area contributed by atoms with E-state index in [1.807, 2.05) is 17.0 Å². The second-order valence-electron chi connectivity index (χ2n) is 6.86. The van der Waals surface area contributed by atoms with Crippen LogP contribution in [-0.4, -0.2) is 38.4 Å². The molecule has 25 heavy (non-hydrogen) atoms. The maximum atomic E-state index is 12.6. The van der Waals surface area contributed by atoms with Gasteiger partial charge in [-0.05, 0) is 47.0 Å². The van der Waals surface area contributed by atoms with Crippen molar-refractivity contribution in [1.82, 2.24) is 19.4 Å². The number of halogens is 1. The number of hydrogen-bond acceptors (Lipinski definition) is 3. The molecule has 1 aliphatic heterocycles. The van der Waals surface area contributed by atoms with E-state index in [4.69, 9.17) is 4.98 Å². The molecule has 126 valence electrons. The van der Waals surface area contributed by atoms with Gasteiger partial charge >= 0.3 is 0 Å². The van der Waals surface area contributed by atoms with Crippen LogP contribution in [0.15, 0.2) is 47.2 Å². The first-order chi connectivity index (χ1) is 12.2. The Kier molecular flexibility index (Phi) is 3.41. The highest BCUT2D eigenvalue weighted by Crippen LogP contribution is 2.43. The third-order valence-corrected chi connectivity index (χ3v) is 5.47. The number of hydrogen-bond donors (Lipinski definition) is 0. The van der Waals surface area contributed by atoms with Crippen LogP contribution in [-0.2, 0) is 0 Å². The molecule has 0 atom stereocenters. The number of pyridine rings is 1. The molecule has 3 heterocycles. The van der Waals surface area contributed by atoms with E-state index in [-0.39, 0.29) is 5.91 Å². The first-order valence-electron chi connectivity index (χ1n) is 8.57. The van der Waals surface area contributed by atoms with Crippen molar-refractivity contribution in [3.8, 4) is 0 Å². The summed E-state index contributed by atoms with van der Waals surface area (Å²) in [6.45, 7) is 1.46. The molecule has 0 radical (unpaired) electrons. The fourth-order valence-electron chi connectivity index (χ4n) is 3.57. The minimum atomic E-state index is 0.0439. The van der Waals surface area contributed by atoms with Gasteiger partial charge in [0, 0.05) is 35.9 Å². The van der Waals surface area contributed by atoms with E-state index >= 15 is 0 Å². The Morgan fingerprint density at radius 2 is 1.96 bits per heavy atom. The number of aromatic nitrogens is 3. The Bertz CT molecular complexity index is 972. The number of para-hydroxylation sites is 2. The number of carbonyl (C=O) groups is 1. The minimum absolute atomic E-state index is 0.0439. The van der Waals surface area contributed by atoms with Crippen LogP contribution in [0.1, 0.15) is 41.0 Å². The van der Waals surface area contributed by atoms with E-state index in [1.165, 1.54) is 24.2 Å². The summed E-state index contributed by atoms with van der Waals surface area (Å²) in [4.78, 5) is 23.5. The van der Waals surface area contributed by atoms with Gasteiger partial charge in [0.05, 0.1) is 22.6 Å². The quantitative estimate of drug-likeness (QED) is 0.676. The summed E-state index contributed by atoms with van der Waals surface area (Å²) in [5, 5.41) is 0. The van der Waals surface area contributed by atoms with Gasteiger partial charge in [-0.15, -0.1) is 0 Å². The Labute approximate surface area is 153 Å². The number of likely N-dealkylation sites (tertiary alicyclic amines) is 1. The highest BCUT2D eigenvalue weighted by molar-refractivity contribution is 9.10. The van der Waals surface area contributed by atoms with Crippen LogP contribution in [0.25, 0.3) is 11.0 Å². The summed E-state index contributed by atoms with van der Waals surface area (Å²) >= 11 is 3.38. The summed E-state index contributed by atoms with van der Waals surface area (Å²) in [6, 6.07) is 10.4. The van der Waals surface area contributed by atoms with Crippen LogP contribution in [0.2, 0.25) is 0 Å². The van der Waals surface area contributed by atoms with Crippen molar-refractivity contribution in [3.05, 3.63) is 58.6 Å². The highest BCUT2D eigenvalue weighted by Gasteiger charge is 2.38. The standard InChI is InChI=1S/C19H17BrN4O/c20-14-7-13(8-21-9-14)19(25)23-10-15(11-23)24-17-4-2-1-3-16(17)22-18(24)12-5-6-12/h1-4,7-9,12,15H,5-6,10-11H2. The van der Waals surface area contributed by atoms with Crippen molar-refractivity contribution in [3.63, 3.8) is 0 Å². The first-order valence-corrected chi connectivity index (χ1v) is 9.36. The first kappa shape index (κ1) is 15.1. The van der Waals surface area contributed by atoms with Crippen LogP contribution in [0.4, 0.5) is 0 Å². The van der Waals surface area contributed by atoms with Crippen LogP contribution in [0.5, 0.6) is 0 Å². The van der Waals surface area contributed by atoms with Crippen molar-refractivity contribution in [2.24, 2.45) is 0 Å². The van der Waals surface area contributed by atoms with E-state index in [0.29, 0.717) is 17.5 Å². The molecule has 1 saturated carbocycles. The van der Waals surface area contributed by atoms with Crippen molar-refractivity contribution in [2.45, 2.75) is 24.8 Å². The molecule has 2 aromatic heterocycles. The summed E-state index contributed by atoms with van der Waals surface area (Å²) in [7, 11) is 0. The Morgan fingerprint density at radius 1 is 1.16 bits per heavy atom. The van der Waals surface area contributed by atoms with Gasteiger partial charge in [-0.3, -0.25) is 9.78 Å². The van der Waals surface area contributed by atoms with Gasteiger partial charge in [0.15, 0.2) is 0 Å². The van der Waals surface area contributed by atoms with E-state index in [1.54, 1.807) is 12.4 Å². The minimum Gasteiger partial charge on any atom is -0.334 e. The van der Waals surface area contributed by atoms with Gasteiger partial charge in [-0.2, -0.15) is 0 Å². The molecule has 2 aliphatic rings. The average Bonchev–Trinajstić information content (AvgIpc) is 3.36. The zero-order chi connectivity index (χ0) is 17.0. The predicted molar refractivity (Wildman–Crippen MR) is 98.6 cm³/mol. The highest BCUT2D eigenvalue weighted by atomic mass is 79.9. The molecule has 2 fully saturated rings. The zero-order valence-electron chi connectivity index (χ0n) is 13.6. The molecule has 0 unspecified atom stereocenters. The molecule has 0 bridgehead atoms. The molecule has 5 rings (SSSR count). The molecule has 3 aromatic rings. The molecule has 1 aliphatic carbocycles. The van der Waals surface area contributed by atoms with Gasteiger partial charge < -0.3 is 9.47 Å². The number of amides is 1. The molecule has 1 amide bonds. The smallest absolute Gasteiger partial charge is 0.255 e. The maximum Gasteiger partial charge on any atom is 0.255 e. The van der Waals surface area contributed by atoms with Gasteiger partial charge in [-0.25, -0.2) is 4.98 Å². The molecule has 0 N–H and O–H groups in total. The van der Waals surface area contributed by atoms with E-state index in [9.17, 15) is 4.79 Å². The Hall–Kier alpha value is -2.21. The fraction of sp³-hybridized carbons (Fsp3) is 0.316. The predicted octanol–water partition coefficient (Wildman–Crippen LogP) is 3.77. The molecular weight excluding hydrogens is 380 g/mol. The summed E-state index contributed by atoms with van der Waals surface area (Å²) in [6.07, 6.45) is 5.77. The van der Waals surface area contributed by atoms with E-state index in [0.717, 1.165) is 23.1 Å². The normalized spacial score (nSPS) is 17.7. The monoisotopic (exact) mass is 396 g/mol. The van der Waals surface area contributed by atoms with Crippen LogP contribution in [0, 0.1) is 0 Å². The van der Waals surface area contributed by atoms with Gasteiger partial charge in [0.2, 0.25) is 0 Å². The van der Waals surface area contributed by atoms with Crippen molar-refractivity contribution in [2.75, 3.05) is 13.1 Å². The number of benzene rings is 1. The number of carbonyl (C=O) groups excluding carboxylic acids is 1. The van der Waals surface area contributed by atoms with Crippen LogP contribution in [0.3, 0.4) is 0 Å². The molecule has 0 spiro atoms. The molecule has 1 saturated heterocycles. The van der Waals surface area contributed by atoms with Gasteiger partial charge in [-0.1, -0.05) is 12.1 Å². The number of nitrogens with zero attached hydrogens (tertiary/aromatic N) is 4. The van der Waals surface area contributed by atoms with Crippen molar-refractivity contribution in [1.29, 1.82) is 0 Å². The number of rotatable bonds is 3. The molecule has 6 heteroatoms. The summed E-state index contributed by atoms with van der Waals surface area (Å²) in [5.41, 5.74) is 2.88. The third kappa shape index (κ3) is 2.56. The number of imidazole rings is 1. The van der Waals surface area contributed by atoms with Crippen molar-refractivity contribution < 1.29 is 4.79 Å². The lowest BCUT2D eigenvalue weighted by atomic mass is 10.1. The van der Waals surface area contributed by atoms with Crippen LogP contribution < -0.4 is 0 Å². The van der Waals surface area contributed by atoms with Crippen LogP contribution >= 0.6 is 15.9 Å². The topological polar surface area (TPSA) is 51.0 Å². The second-order valence-corrected chi connectivity index (χ2v) is 7.77. The lowest BCUT2D eigenvalue weighted by Crippen LogP contribution is -2.51. The SMILES string of the molecule is O=C(c1cncc(Br)c1)N1CC(n2c(C3CC3)nc3ccccc32)C1. The Morgan fingerprint density at radius 3 is 2.72 bits per heavy atom. The summed E-state index contributed by atoms with van der Waals surface area (Å²) < 4.78 is 3.20. The van der Waals surface area contributed by atoms with Gasteiger partial charge in [0.25, 0.3) is 5.91 Å². The third-order valence-electron chi connectivity index (χ3n) is 5.03. The Balaban J connectivity index is 1.41. The lowest BCUT2D eigenvalue weighted by molar-refractivity contribution is 0.0521. The largest absolute Gasteiger partial charge is 0.334 e. The van der Waals surface area contributed by atoms with E-state index in [2.05, 4.69) is 43.7 Å². The molecule has 5 nitrogen and oxygen atoms in total. The second kappa shape index (κ2) is 5.66. The lowest BCUT2D eigenvalue weighted by Gasteiger charge is -2.41. The molecule has 1 aromatic carbocycles. The van der Waals surface area contributed by atoms with Crippen molar-refractivity contribution >= 4 is 32.9 Å². The zero-order valence-corrected chi connectivity index (χ0v) is 15.2. The number of fused-ring (bicyclic) bond motifs is 1. The summed E-state index contributed by atoms with van der Waals surface area (Å²) in [5.74, 6) is 1.83. The molecular formula is C19H17BrN4O. The fourth-order valence-corrected chi connectivity index (χ4v) is 3.94. The average molecular weight is 397 g/mol. The maximum absolute atomic E-state index is 12.6. The van der Waals surface area contributed by atoms with Gasteiger partial charge in [0.1, 0.15) is 5.82 Å².